The Morgan fingerprint density at radius 1 is 0.625 bits per heavy atom. The van der Waals surface area contributed by atoms with Gasteiger partial charge in [0.05, 0.1) is 15.6 Å². The van der Waals surface area contributed by atoms with E-state index in [1.54, 1.807) is 42.5 Å². The number of halogens is 1. The van der Waals surface area contributed by atoms with Crippen LogP contribution < -0.4 is 14.8 Å². The molecule has 0 aromatic heterocycles. The zero-order valence-corrected chi connectivity index (χ0v) is 23.1. The van der Waals surface area contributed by atoms with E-state index < -0.39 is 26.0 Å². The molecule has 0 aliphatic carbocycles. The molecule has 0 radical (unpaired) electrons. The molecule has 0 saturated heterocycles. The molecule has 5 aromatic carbocycles. The van der Waals surface area contributed by atoms with E-state index in [9.17, 15) is 21.6 Å². The molecule has 0 atom stereocenters. The summed E-state index contributed by atoms with van der Waals surface area (Å²) in [4.78, 5) is 12.7. The van der Waals surface area contributed by atoms with Crippen molar-refractivity contribution in [2.45, 2.75) is 9.79 Å². The Bertz CT molecular complexity index is 1930. The van der Waals surface area contributed by atoms with Crippen LogP contribution in [-0.2, 0) is 20.0 Å². The maximum atomic E-state index is 13.0. The lowest BCUT2D eigenvalue weighted by atomic mass is 10.1. The minimum absolute atomic E-state index is 0.00490. The summed E-state index contributed by atoms with van der Waals surface area (Å²) in [5, 5.41) is 4.26. The number of anilines is 3. The van der Waals surface area contributed by atoms with Crippen molar-refractivity contribution in [2.75, 3.05) is 14.8 Å². The van der Waals surface area contributed by atoms with Crippen LogP contribution in [0.15, 0.2) is 125 Å². The van der Waals surface area contributed by atoms with Crippen molar-refractivity contribution in [1.29, 1.82) is 0 Å². The van der Waals surface area contributed by atoms with Gasteiger partial charge in [0, 0.05) is 22.3 Å². The summed E-state index contributed by atoms with van der Waals surface area (Å²) in [7, 11) is -7.98. The number of sulfonamides is 2. The van der Waals surface area contributed by atoms with Crippen molar-refractivity contribution < 1.29 is 21.6 Å². The SMILES string of the molecule is O=C(Nc1ccc(S(=O)(=O)Nc2cccc3ccccc23)cc1)c1ccc(Cl)c(S(=O)(=O)Nc2ccccc2)c1. The zero-order valence-electron chi connectivity index (χ0n) is 20.7. The van der Waals surface area contributed by atoms with Gasteiger partial charge in [-0.1, -0.05) is 66.2 Å². The monoisotopic (exact) mass is 591 g/mol. The molecule has 11 heteroatoms. The van der Waals surface area contributed by atoms with Crippen LogP contribution in [0.2, 0.25) is 5.02 Å². The molecule has 5 aromatic rings. The van der Waals surface area contributed by atoms with Gasteiger partial charge in [0.2, 0.25) is 0 Å². The smallest absolute Gasteiger partial charge is 0.263 e. The molecule has 8 nitrogen and oxygen atoms in total. The number of rotatable bonds is 8. The maximum Gasteiger partial charge on any atom is 0.263 e. The van der Waals surface area contributed by atoms with Crippen molar-refractivity contribution in [3.05, 3.63) is 126 Å². The number of hydrogen-bond acceptors (Lipinski definition) is 5. The predicted molar refractivity (Wildman–Crippen MR) is 158 cm³/mol. The number of amides is 1. The van der Waals surface area contributed by atoms with Gasteiger partial charge in [0.1, 0.15) is 4.90 Å². The molecule has 5 rings (SSSR count). The summed E-state index contributed by atoms with van der Waals surface area (Å²) in [6.07, 6.45) is 0. The Kier molecular flexibility index (Phi) is 7.49. The number of para-hydroxylation sites is 1. The fraction of sp³-hybridized carbons (Fsp3) is 0. The van der Waals surface area contributed by atoms with Crippen LogP contribution in [0.1, 0.15) is 10.4 Å². The first-order chi connectivity index (χ1) is 19.1. The lowest BCUT2D eigenvalue weighted by Gasteiger charge is -2.12. The largest absolute Gasteiger partial charge is 0.322 e. The first-order valence-electron chi connectivity index (χ1n) is 11.9. The lowest BCUT2D eigenvalue weighted by molar-refractivity contribution is 0.102. The highest BCUT2D eigenvalue weighted by molar-refractivity contribution is 7.93. The molecule has 0 spiro atoms. The van der Waals surface area contributed by atoms with Gasteiger partial charge in [0.25, 0.3) is 26.0 Å². The molecule has 0 fully saturated rings. The van der Waals surface area contributed by atoms with Gasteiger partial charge in [-0.05, 0) is 66.0 Å². The molecule has 0 unspecified atom stereocenters. The molecule has 0 aliphatic heterocycles. The van der Waals surface area contributed by atoms with Crippen LogP contribution in [0.5, 0.6) is 0 Å². The van der Waals surface area contributed by atoms with E-state index in [0.717, 1.165) is 10.8 Å². The van der Waals surface area contributed by atoms with E-state index in [1.807, 2.05) is 30.3 Å². The average molecular weight is 592 g/mol. The highest BCUT2D eigenvalue weighted by Crippen LogP contribution is 2.27. The van der Waals surface area contributed by atoms with E-state index in [2.05, 4.69) is 14.8 Å². The molecule has 0 saturated carbocycles. The van der Waals surface area contributed by atoms with E-state index in [-0.39, 0.29) is 20.4 Å². The second kappa shape index (κ2) is 11.0. The first-order valence-corrected chi connectivity index (χ1v) is 15.3. The fourth-order valence-corrected chi connectivity index (χ4v) is 6.67. The molecule has 202 valence electrons. The molecule has 3 N–H and O–H groups in total. The van der Waals surface area contributed by atoms with E-state index in [0.29, 0.717) is 17.1 Å². The van der Waals surface area contributed by atoms with Crippen molar-refractivity contribution in [3.8, 4) is 0 Å². The Hall–Kier alpha value is -4.38. The lowest BCUT2D eigenvalue weighted by Crippen LogP contribution is -2.16. The number of carbonyl (C=O) groups excluding carboxylic acids is 1. The summed E-state index contributed by atoms with van der Waals surface area (Å²) in [6, 6.07) is 30.6. The van der Waals surface area contributed by atoms with Gasteiger partial charge in [-0.2, -0.15) is 0 Å². The summed E-state index contributed by atoms with van der Waals surface area (Å²) in [6.45, 7) is 0. The van der Waals surface area contributed by atoms with E-state index >= 15 is 0 Å². The third kappa shape index (κ3) is 5.94. The Morgan fingerprint density at radius 3 is 2.05 bits per heavy atom. The fourth-order valence-electron chi connectivity index (χ4n) is 4.01. The third-order valence-electron chi connectivity index (χ3n) is 5.97. The van der Waals surface area contributed by atoms with Crippen molar-refractivity contribution in [2.24, 2.45) is 0 Å². The van der Waals surface area contributed by atoms with Gasteiger partial charge in [-0.25, -0.2) is 16.8 Å². The van der Waals surface area contributed by atoms with Crippen molar-refractivity contribution in [3.63, 3.8) is 0 Å². The molecular weight excluding hydrogens is 570 g/mol. The van der Waals surface area contributed by atoms with Crippen molar-refractivity contribution >= 4 is 65.4 Å². The predicted octanol–water partition coefficient (Wildman–Crippen LogP) is 6.35. The number of benzene rings is 5. The standard InChI is InChI=1S/C29H22ClN3O5S2/c30-26-18-13-21(19-28(26)40(37,38)32-23-9-2-1-3-10-23)29(34)31-22-14-16-24(17-15-22)39(35,36)33-27-12-6-8-20-7-4-5-11-25(20)27/h1-19,32-33H,(H,31,34). The molecular formula is C29H22ClN3O5S2. The highest BCUT2D eigenvalue weighted by Gasteiger charge is 2.21. The van der Waals surface area contributed by atoms with Crippen LogP contribution in [-0.4, -0.2) is 22.7 Å². The Labute approximate surface area is 236 Å². The van der Waals surface area contributed by atoms with Gasteiger partial charge >= 0.3 is 0 Å². The van der Waals surface area contributed by atoms with Gasteiger partial charge < -0.3 is 5.32 Å². The maximum absolute atomic E-state index is 13.0. The van der Waals surface area contributed by atoms with Crippen LogP contribution in [0.3, 0.4) is 0 Å². The van der Waals surface area contributed by atoms with E-state index in [4.69, 9.17) is 11.6 Å². The number of nitrogens with one attached hydrogen (secondary N) is 3. The first kappa shape index (κ1) is 27.2. The number of carbonyl (C=O) groups is 1. The second-order valence-electron chi connectivity index (χ2n) is 8.73. The van der Waals surface area contributed by atoms with Gasteiger partial charge in [0.15, 0.2) is 0 Å². The molecule has 0 heterocycles. The average Bonchev–Trinajstić information content (AvgIpc) is 2.94. The van der Waals surface area contributed by atoms with Crippen LogP contribution in [0.4, 0.5) is 17.1 Å². The quantitative estimate of drug-likeness (QED) is 0.194. The summed E-state index contributed by atoms with van der Waals surface area (Å²) < 4.78 is 56.9. The van der Waals surface area contributed by atoms with Crippen LogP contribution in [0.25, 0.3) is 10.8 Å². The van der Waals surface area contributed by atoms with Gasteiger partial charge in [-0.15, -0.1) is 0 Å². The van der Waals surface area contributed by atoms with Crippen LogP contribution in [0, 0.1) is 0 Å². The number of fused-ring (bicyclic) bond motifs is 1. The van der Waals surface area contributed by atoms with Gasteiger partial charge in [-0.3, -0.25) is 14.2 Å². The Balaban J connectivity index is 1.32. The highest BCUT2D eigenvalue weighted by atomic mass is 35.5. The molecule has 1 amide bonds. The topological polar surface area (TPSA) is 121 Å². The summed E-state index contributed by atoms with van der Waals surface area (Å²) in [5.74, 6) is -0.600. The number of hydrogen-bond donors (Lipinski definition) is 3. The minimum Gasteiger partial charge on any atom is -0.322 e. The summed E-state index contributed by atoms with van der Waals surface area (Å²) in [5.41, 5.74) is 1.16. The van der Waals surface area contributed by atoms with Crippen molar-refractivity contribution in [1.82, 2.24) is 0 Å². The van der Waals surface area contributed by atoms with Crippen LogP contribution >= 0.6 is 11.6 Å². The minimum atomic E-state index is -4.07. The van der Waals surface area contributed by atoms with E-state index in [1.165, 1.54) is 42.5 Å². The molecule has 0 aliphatic rings. The third-order valence-corrected chi connectivity index (χ3v) is 9.21. The zero-order chi connectivity index (χ0) is 28.3. The Morgan fingerprint density at radius 2 is 1.30 bits per heavy atom. The molecule has 40 heavy (non-hydrogen) atoms. The molecule has 0 bridgehead atoms. The normalized spacial score (nSPS) is 11.6. The summed E-state index contributed by atoms with van der Waals surface area (Å²) >= 11 is 6.15. The second-order valence-corrected chi connectivity index (χ2v) is 12.5.